The molecule has 0 aliphatic rings. The second kappa shape index (κ2) is 7.43. The van der Waals surface area contributed by atoms with Crippen LogP contribution < -0.4 is 21.9 Å². The van der Waals surface area contributed by atoms with E-state index in [9.17, 15) is 14.0 Å². The minimum absolute atomic E-state index is 0.00400. The molecule has 0 aliphatic carbocycles. The first-order valence-electron chi connectivity index (χ1n) is 7.35. The zero-order valence-corrected chi connectivity index (χ0v) is 14.7. The Kier molecular flexibility index (Phi) is 5.52. The number of thiocarbonyl (C=S) groups is 1. The van der Waals surface area contributed by atoms with Crippen LogP contribution in [0.25, 0.3) is 11.5 Å². The van der Waals surface area contributed by atoms with Crippen molar-refractivity contribution in [3.63, 3.8) is 0 Å². The summed E-state index contributed by atoms with van der Waals surface area (Å²) >= 11 is 5.02. The van der Waals surface area contributed by atoms with Gasteiger partial charge in [-0.3, -0.25) is 15.6 Å². The van der Waals surface area contributed by atoms with Crippen LogP contribution in [0.2, 0.25) is 0 Å². The van der Waals surface area contributed by atoms with Crippen molar-refractivity contribution in [1.29, 1.82) is 0 Å². The van der Waals surface area contributed by atoms with Crippen LogP contribution in [0, 0.1) is 5.82 Å². The van der Waals surface area contributed by atoms with Crippen molar-refractivity contribution in [3.05, 3.63) is 40.6 Å². The number of benzene rings is 1. The second-order valence-electron chi connectivity index (χ2n) is 6.21. The molecule has 2 aromatic rings. The molecule has 10 heteroatoms. The lowest BCUT2D eigenvalue weighted by atomic mass is 10.1. The zero-order chi connectivity index (χ0) is 18.6. The maximum absolute atomic E-state index is 12.9. The summed E-state index contributed by atoms with van der Waals surface area (Å²) in [5.74, 6) is -1.77. The maximum Gasteiger partial charge on any atom is 0.437 e. The molecule has 0 saturated carbocycles. The highest BCUT2D eigenvalue weighted by molar-refractivity contribution is 7.80. The van der Waals surface area contributed by atoms with E-state index >= 15 is 0 Å². The topological polar surface area (TPSA) is 101 Å². The van der Waals surface area contributed by atoms with Crippen LogP contribution >= 0.6 is 12.2 Å². The zero-order valence-electron chi connectivity index (χ0n) is 13.9. The van der Waals surface area contributed by atoms with Gasteiger partial charge in [-0.1, -0.05) is 0 Å². The van der Waals surface area contributed by atoms with Crippen molar-refractivity contribution in [2.45, 2.75) is 32.9 Å². The minimum Gasteiger partial charge on any atom is -0.388 e. The van der Waals surface area contributed by atoms with Gasteiger partial charge in [-0.25, -0.2) is 9.18 Å². The highest BCUT2D eigenvalue weighted by Gasteiger charge is 2.14. The summed E-state index contributed by atoms with van der Waals surface area (Å²) in [4.78, 5) is 23.6. The van der Waals surface area contributed by atoms with Gasteiger partial charge >= 0.3 is 5.76 Å². The van der Waals surface area contributed by atoms with E-state index in [-0.39, 0.29) is 23.1 Å². The third-order valence-electron chi connectivity index (χ3n) is 2.79. The number of rotatable bonds is 3. The summed E-state index contributed by atoms with van der Waals surface area (Å²) in [7, 11) is 0. The molecule has 25 heavy (non-hydrogen) atoms. The molecule has 3 N–H and O–H groups in total. The molecule has 0 spiro atoms. The van der Waals surface area contributed by atoms with Crippen LogP contribution in [0.3, 0.4) is 0 Å². The van der Waals surface area contributed by atoms with Crippen molar-refractivity contribution in [2.24, 2.45) is 0 Å². The van der Waals surface area contributed by atoms with E-state index in [1.165, 1.54) is 24.3 Å². The molecule has 134 valence electrons. The Morgan fingerprint density at radius 2 is 1.92 bits per heavy atom. The van der Waals surface area contributed by atoms with Crippen LogP contribution in [-0.4, -0.2) is 26.3 Å². The smallest absolute Gasteiger partial charge is 0.388 e. The number of nitrogens with one attached hydrogen (secondary N) is 3. The number of nitrogens with zero attached hydrogens (tertiary/aromatic N) is 2. The lowest BCUT2D eigenvalue weighted by molar-refractivity contribution is -0.122. The predicted octanol–water partition coefficient (Wildman–Crippen LogP) is 0.936. The van der Waals surface area contributed by atoms with E-state index in [1.54, 1.807) is 0 Å². The van der Waals surface area contributed by atoms with E-state index in [2.05, 4.69) is 21.3 Å². The molecule has 1 aromatic heterocycles. The lowest BCUT2D eigenvalue weighted by Gasteiger charge is -2.23. The normalized spacial score (nSPS) is 11.0. The monoisotopic (exact) mass is 367 g/mol. The Balaban J connectivity index is 1.96. The summed E-state index contributed by atoms with van der Waals surface area (Å²) in [5, 5.41) is 7.10. The molecule has 1 heterocycles. The predicted molar refractivity (Wildman–Crippen MR) is 92.9 cm³/mol. The number of hydrogen-bond donors (Lipinski definition) is 3. The molecule has 0 unspecified atom stereocenters. The van der Waals surface area contributed by atoms with Gasteiger partial charge in [0.1, 0.15) is 12.4 Å². The highest BCUT2D eigenvalue weighted by Crippen LogP contribution is 2.15. The van der Waals surface area contributed by atoms with Crippen molar-refractivity contribution < 1.29 is 13.6 Å². The van der Waals surface area contributed by atoms with Crippen molar-refractivity contribution in [3.8, 4) is 11.5 Å². The van der Waals surface area contributed by atoms with Gasteiger partial charge in [-0.2, -0.15) is 4.68 Å². The number of carbonyl (C=O) groups is 1. The maximum atomic E-state index is 12.9. The van der Waals surface area contributed by atoms with Crippen LogP contribution in [-0.2, 0) is 11.3 Å². The molecule has 0 fully saturated rings. The molecule has 1 aromatic carbocycles. The average Bonchev–Trinajstić information content (AvgIpc) is 2.85. The number of hydrogen-bond acceptors (Lipinski definition) is 5. The molecule has 0 aliphatic heterocycles. The summed E-state index contributed by atoms with van der Waals surface area (Å²) in [6, 6.07) is 5.27. The fraction of sp³-hybridized carbons (Fsp3) is 0.333. The van der Waals surface area contributed by atoms with Gasteiger partial charge in [0, 0.05) is 11.1 Å². The Hall–Kier alpha value is -2.75. The first kappa shape index (κ1) is 18.6. The van der Waals surface area contributed by atoms with E-state index in [4.69, 9.17) is 16.6 Å². The molecule has 1 amide bonds. The number of hydrazine groups is 1. The quantitative estimate of drug-likeness (QED) is 0.548. The molecule has 0 atom stereocenters. The van der Waals surface area contributed by atoms with Gasteiger partial charge in [0.25, 0.3) is 5.91 Å². The third kappa shape index (κ3) is 5.68. The van der Waals surface area contributed by atoms with E-state index < -0.39 is 17.5 Å². The van der Waals surface area contributed by atoms with Crippen molar-refractivity contribution in [2.75, 3.05) is 0 Å². The van der Waals surface area contributed by atoms with Gasteiger partial charge in [0.15, 0.2) is 5.11 Å². The first-order valence-corrected chi connectivity index (χ1v) is 7.76. The van der Waals surface area contributed by atoms with E-state index in [0.29, 0.717) is 5.56 Å². The van der Waals surface area contributed by atoms with Crippen LogP contribution in [0.4, 0.5) is 4.39 Å². The Morgan fingerprint density at radius 3 is 2.52 bits per heavy atom. The summed E-state index contributed by atoms with van der Waals surface area (Å²) < 4.78 is 18.7. The standard InChI is InChI=1S/C15H18FN5O3S/c1-15(2,3)17-13(25)19-18-11(22)8-21-14(23)24-12(20-21)9-4-6-10(16)7-5-9/h4-7H,8H2,1-3H3,(H,18,22)(H2,17,19,25). The fourth-order valence-electron chi connectivity index (χ4n) is 1.79. The third-order valence-corrected chi connectivity index (χ3v) is 3.00. The Morgan fingerprint density at radius 1 is 1.28 bits per heavy atom. The Labute approximate surface area is 148 Å². The largest absolute Gasteiger partial charge is 0.437 e. The van der Waals surface area contributed by atoms with E-state index in [0.717, 1.165) is 4.68 Å². The molecular formula is C15H18FN5O3S. The van der Waals surface area contributed by atoms with Gasteiger partial charge in [-0.15, -0.1) is 5.10 Å². The van der Waals surface area contributed by atoms with Crippen LogP contribution in [0.5, 0.6) is 0 Å². The summed E-state index contributed by atoms with van der Waals surface area (Å²) in [6.07, 6.45) is 0. The minimum atomic E-state index is -0.801. The molecule has 2 rings (SSSR count). The summed E-state index contributed by atoms with van der Waals surface area (Å²) in [5.41, 5.74) is 5.04. The van der Waals surface area contributed by atoms with Gasteiger partial charge < -0.3 is 9.73 Å². The van der Waals surface area contributed by atoms with Crippen molar-refractivity contribution >= 4 is 23.2 Å². The Bertz CT molecular complexity index is 823. The van der Waals surface area contributed by atoms with Gasteiger partial charge in [0.05, 0.1) is 0 Å². The number of aromatic nitrogens is 2. The SMILES string of the molecule is CC(C)(C)NC(=S)NNC(=O)Cn1nc(-c2ccc(F)cc2)oc1=O. The van der Waals surface area contributed by atoms with Crippen molar-refractivity contribution in [1.82, 2.24) is 25.9 Å². The van der Waals surface area contributed by atoms with Crippen LogP contribution in [0.15, 0.2) is 33.5 Å². The fourth-order valence-corrected chi connectivity index (χ4v) is 2.15. The van der Waals surface area contributed by atoms with Gasteiger partial charge in [0.2, 0.25) is 5.89 Å². The highest BCUT2D eigenvalue weighted by atomic mass is 32.1. The number of amides is 1. The first-order chi connectivity index (χ1) is 11.6. The number of carbonyl (C=O) groups excluding carboxylic acids is 1. The molecule has 8 nitrogen and oxygen atoms in total. The van der Waals surface area contributed by atoms with Gasteiger partial charge in [-0.05, 0) is 57.3 Å². The summed E-state index contributed by atoms with van der Waals surface area (Å²) in [6.45, 7) is 5.37. The number of halogens is 1. The molecular weight excluding hydrogens is 349 g/mol. The second-order valence-corrected chi connectivity index (χ2v) is 6.62. The molecule has 0 radical (unpaired) electrons. The molecule has 0 saturated heterocycles. The molecule has 0 bridgehead atoms. The van der Waals surface area contributed by atoms with Crippen LogP contribution in [0.1, 0.15) is 20.8 Å². The average molecular weight is 367 g/mol. The lowest BCUT2D eigenvalue weighted by Crippen LogP contribution is -2.52. The van der Waals surface area contributed by atoms with E-state index in [1.807, 2.05) is 20.8 Å².